The number of nitrogens with zero attached hydrogens (tertiary/aromatic N) is 3. The normalized spacial score (nSPS) is 17.0. The van der Waals surface area contributed by atoms with E-state index in [9.17, 15) is 0 Å². The summed E-state index contributed by atoms with van der Waals surface area (Å²) in [4.78, 5) is 13.2. The Balaban J connectivity index is 2.01. The van der Waals surface area contributed by atoms with E-state index in [-0.39, 0.29) is 0 Å². The summed E-state index contributed by atoms with van der Waals surface area (Å²) in [6.07, 6.45) is 6.31. The lowest BCUT2D eigenvalue weighted by atomic mass is 9.89. The lowest BCUT2D eigenvalue weighted by molar-refractivity contribution is 0.427. The Bertz CT molecular complexity index is 402. The van der Waals surface area contributed by atoms with E-state index in [2.05, 4.69) is 28.8 Å². The van der Waals surface area contributed by atoms with Gasteiger partial charge in [0, 0.05) is 5.92 Å². The van der Waals surface area contributed by atoms with Crippen LogP contribution in [0.5, 0.6) is 0 Å². The summed E-state index contributed by atoms with van der Waals surface area (Å²) in [6, 6.07) is 0. The van der Waals surface area contributed by atoms with Gasteiger partial charge in [0.1, 0.15) is 11.6 Å². The summed E-state index contributed by atoms with van der Waals surface area (Å²) in [5, 5.41) is 0. The molecule has 0 aliphatic heterocycles. The molecule has 4 nitrogen and oxygen atoms in total. The fraction of sp³-hybridized carbons (Fsp3) is 0.786. The first-order valence-corrected chi connectivity index (χ1v) is 8.38. The van der Waals surface area contributed by atoms with E-state index in [0.29, 0.717) is 17.8 Å². The highest BCUT2D eigenvalue weighted by Gasteiger charge is 2.19. The first-order chi connectivity index (χ1) is 9.15. The molecule has 0 atom stereocenters. The third-order valence-corrected chi connectivity index (χ3v) is 4.73. The number of hydrogen-bond donors (Lipinski definition) is 1. The maximum Gasteiger partial charge on any atom is 0.223 e. The summed E-state index contributed by atoms with van der Waals surface area (Å²) in [6.45, 7) is 4.45. The molecule has 0 bridgehead atoms. The Kier molecular flexibility index (Phi) is 5.43. The van der Waals surface area contributed by atoms with E-state index in [0.717, 1.165) is 23.2 Å². The molecule has 0 aromatic carbocycles. The summed E-state index contributed by atoms with van der Waals surface area (Å²) >= 11 is 1.87. The summed E-state index contributed by atoms with van der Waals surface area (Å²) in [7, 11) is 0. The predicted octanol–water partition coefficient (Wildman–Crippen LogP) is 3.39. The summed E-state index contributed by atoms with van der Waals surface area (Å²) in [5.74, 6) is 5.31. The zero-order valence-electron chi connectivity index (χ0n) is 11.9. The van der Waals surface area contributed by atoms with E-state index >= 15 is 0 Å². The molecule has 1 fully saturated rings. The second-order valence-corrected chi connectivity index (χ2v) is 6.74. The molecule has 0 radical (unpaired) electrons. The Hall–Kier alpha value is -0.840. The maximum atomic E-state index is 5.83. The molecule has 2 N–H and O–H groups in total. The Labute approximate surface area is 120 Å². The fourth-order valence-electron chi connectivity index (χ4n) is 2.45. The number of nitrogen functional groups attached to an aromatic ring is 1. The van der Waals surface area contributed by atoms with Crippen LogP contribution in [0.25, 0.3) is 0 Å². The molecule has 0 amide bonds. The third kappa shape index (κ3) is 4.64. The standard InChI is InChI=1S/C14H24N4S/c1-10(2)8-19-9-12-16-13(18-14(15)17-12)11-6-4-3-5-7-11/h10-11H,3-9H2,1-2H3,(H2,15,16,17,18). The highest BCUT2D eigenvalue weighted by molar-refractivity contribution is 7.98. The Morgan fingerprint density at radius 2 is 1.89 bits per heavy atom. The van der Waals surface area contributed by atoms with Gasteiger partial charge in [-0.15, -0.1) is 0 Å². The van der Waals surface area contributed by atoms with Crippen LogP contribution >= 0.6 is 11.8 Å². The average Bonchev–Trinajstić information content (AvgIpc) is 2.39. The van der Waals surface area contributed by atoms with Crippen molar-refractivity contribution >= 4 is 17.7 Å². The number of rotatable bonds is 5. The van der Waals surface area contributed by atoms with Crippen molar-refractivity contribution in [3.63, 3.8) is 0 Å². The first-order valence-electron chi connectivity index (χ1n) is 7.23. The van der Waals surface area contributed by atoms with Crippen molar-refractivity contribution in [1.29, 1.82) is 0 Å². The van der Waals surface area contributed by atoms with Crippen LogP contribution in [0.2, 0.25) is 0 Å². The SMILES string of the molecule is CC(C)CSCc1nc(N)nc(C2CCCCC2)n1. The van der Waals surface area contributed by atoms with Crippen LogP contribution < -0.4 is 5.73 Å². The zero-order chi connectivity index (χ0) is 13.7. The minimum atomic E-state index is 0.385. The van der Waals surface area contributed by atoms with Crippen molar-refractivity contribution in [2.75, 3.05) is 11.5 Å². The van der Waals surface area contributed by atoms with Gasteiger partial charge in [-0.25, -0.2) is 4.98 Å². The van der Waals surface area contributed by atoms with Gasteiger partial charge in [-0.05, 0) is 24.5 Å². The van der Waals surface area contributed by atoms with Gasteiger partial charge in [0.25, 0.3) is 0 Å². The highest BCUT2D eigenvalue weighted by atomic mass is 32.2. The topological polar surface area (TPSA) is 64.7 Å². The van der Waals surface area contributed by atoms with Crippen molar-refractivity contribution in [2.45, 2.75) is 57.6 Å². The van der Waals surface area contributed by atoms with Crippen LogP contribution in [-0.2, 0) is 5.75 Å². The summed E-state index contributed by atoms with van der Waals surface area (Å²) < 4.78 is 0. The molecule has 0 spiro atoms. The second kappa shape index (κ2) is 7.08. The first kappa shape index (κ1) is 14.6. The molecular weight excluding hydrogens is 256 g/mol. The average molecular weight is 280 g/mol. The van der Waals surface area contributed by atoms with E-state index < -0.39 is 0 Å². The van der Waals surface area contributed by atoms with Gasteiger partial charge in [-0.1, -0.05) is 33.1 Å². The van der Waals surface area contributed by atoms with Gasteiger partial charge in [-0.3, -0.25) is 0 Å². The van der Waals surface area contributed by atoms with Crippen LogP contribution in [0.3, 0.4) is 0 Å². The molecular formula is C14H24N4S. The van der Waals surface area contributed by atoms with Gasteiger partial charge in [0.15, 0.2) is 0 Å². The molecule has 1 aliphatic carbocycles. The molecule has 1 aliphatic rings. The molecule has 1 saturated carbocycles. The maximum absolute atomic E-state index is 5.83. The van der Waals surface area contributed by atoms with E-state index in [4.69, 9.17) is 5.73 Å². The quantitative estimate of drug-likeness (QED) is 0.895. The number of hydrogen-bond acceptors (Lipinski definition) is 5. The number of thioether (sulfide) groups is 1. The lowest BCUT2D eigenvalue weighted by Crippen LogP contribution is -2.13. The Morgan fingerprint density at radius 3 is 2.58 bits per heavy atom. The minimum Gasteiger partial charge on any atom is -0.368 e. The molecule has 0 saturated heterocycles. The van der Waals surface area contributed by atoms with Gasteiger partial charge >= 0.3 is 0 Å². The lowest BCUT2D eigenvalue weighted by Gasteiger charge is -2.20. The fourth-order valence-corrected chi connectivity index (χ4v) is 3.35. The van der Waals surface area contributed by atoms with Crippen LogP contribution in [0.15, 0.2) is 0 Å². The van der Waals surface area contributed by atoms with Crippen LogP contribution in [-0.4, -0.2) is 20.7 Å². The highest BCUT2D eigenvalue weighted by Crippen LogP contribution is 2.30. The van der Waals surface area contributed by atoms with Gasteiger partial charge in [0.2, 0.25) is 5.95 Å². The minimum absolute atomic E-state index is 0.385. The van der Waals surface area contributed by atoms with Gasteiger partial charge in [0.05, 0.1) is 5.75 Å². The van der Waals surface area contributed by atoms with Crippen molar-refractivity contribution in [3.8, 4) is 0 Å². The molecule has 0 unspecified atom stereocenters. The number of aromatic nitrogens is 3. The van der Waals surface area contributed by atoms with Crippen LogP contribution in [0.1, 0.15) is 63.5 Å². The second-order valence-electron chi connectivity index (χ2n) is 5.71. The molecule has 5 heteroatoms. The predicted molar refractivity (Wildman–Crippen MR) is 81.1 cm³/mol. The molecule has 19 heavy (non-hydrogen) atoms. The largest absolute Gasteiger partial charge is 0.368 e. The van der Waals surface area contributed by atoms with Crippen molar-refractivity contribution in [3.05, 3.63) is 11.6 Å². The monoisotopic (exact) mass is 280 g/mol. The van der Waals surface area contributed by atoms with Crippen LogP contribution in [0.4, 0.5) is 5.95 Å². The molecule has 2 rings (SSSR count). The molecule has 1 aromatic heterocycles. The van der Waals surface area contributed by atoms with Crippen molar-refractivity contribution in [2.24, 2.45) is 5.92 Å². The Morgan fingerprint density at radius 1 is 1.16 bits per heavy atom. The van der Waals surface area contributed by atoms with E-state index in [1.54, 1.807) is 0 Å². The van der Waals surface area contributed by atoms with Gasteiger partial charge in [-0.2, -0.15) is 21.7 Å². The van der Waals surface area contributed by atoms with Crippen molar-refractivity contribution < 1.29 is 0 Å². The number of anilines is 1. The smallest absolute Gasteiger partial charge is 0.223 e. The van der Waals surface area contributed by atoms with Gasteiger partial charge < -0.3 is 5.73 Å². The molecule has 1 heterocycles. The van der Waals surface area contributed by atoms with Crippen molar-refractivity contribution in [1.82, 2.24) is 15.0 Å². The molecule has 1 aromatic rings. The number of nitrogens with two attached hydrogens (primary N) is 1. The van der Waals surface area contributed by atoms with E-state index in [1.807, 2.05) is 11.8 Å². The summed E-state index contributed by atoms with van der Waals surface area (Å²) in [5.41, 5.74) is 5.83. The zero-order valence-corrected chi connectivity index (χ0v) is 12.7. The van der Waals surface area contributed by atoms with Crippen LogP contribution in [0, 0.1) is 5.92 Å². The third-order valence-electron chi connectivity index (χ3n) is 3.37. The van der Waals surface area contributed by atoms with E-state index in [1.165, 1.54) is 32.1 Å². The molecule has 106 valence electrons.